The fourth-order valence-corrected chi connectivity index (χ4v) is 2.83. The highest BCUT2D eigenvalue weighted by atomic mass is 14.9. The van der Waals surface area contributed by atoms with Crippen molar-refractivity contribution in [3.63, 3.8) is 0 Å². The fourth-order valence-electron chi connectivity index (χ4n) is 2.83. The summed E-state index contributed by atoms with van der Waals surface area (Å²) in [5.41, 5.74) is 2.81. The third kappa shape index (κ3) is 3.16. The van der Waals surface area contributed by atoms with Gasteiger partial charge in [-0.2, -0.15) is 0 Å². The molecule has 0 aliphatic rings. The number of rotatable bonds is 6. The van der Waals surface area contributed by atoms with E-state index in [1.165, 1.54) is 47.6 Å². The van der Waals surface area contributed by atoms with Crippen LogP contribution >= 0.6 is 0 Å². The molecule has 2 rings (SSSR count). The number of hydrogen-bond donors (Lipinski definition) is 1. The van der Waals surface area contributed by atoms with Gasteiger partial charge in [0.15, 0.2) is 0 Å². The Bertz CT molecular complexity index is 530. The summed E-state index contributed by atoms with van der Waals surface area (Å²) < 4.78 is 0. The molecule has 1 nitrogen and oxygen atoms in total. The van der Waals surface area contributed by atoms with Gasteiger partial charge in [0.2, 0.25) is 0 Å². The Balaban J connectivity index is 2.34. The molecule has 0 saturated carbocycles. The molecule has 1 atom stereocenters. The molecule has 0 aliphatic heterocycles. The maximum atomic E-state index is 3.49. The molecule has 0 bridgehead atoms. The van der Waals surface area contributed by atoms with E-state index in [1.807, 2.05) is 0 Å². The van der Waals surface area contributed by atoms with Crippen molar-refractivity contribution in [1.82, 2.24) is 5.32 Å². The SMILES string of the molecule is CCCCCC(NC)c1ccc(C)c2ccccc12. The Labute approximate surface area is 117 Å². The first kappa shape index (κ1) is 14.1. The molecule has 19 heavy (non-hydrogen) atoms. The Hall–Kier alpha value is -1.34. The molecule has 0 heterocycles. The van der Waals surface area contributed by atoms with Crippen molar-refractivity contribution in [3.8, 4) is 0 Å². The molecule has 0 aromatic heterocycles. The first-order chi connectivity index (χ1) is 9.27. The number of nitrogens with one attached hydrogen (secondary N) is 1. The highest BCUT2D eigenvalue weighted by molar-refractivity contribution is 5.88. The van der Waals surface area contributed by atoms with Gasteiger partial charge in [0.1, 0.15) is 0 Å². The molecule has 1 N–H and O–H groups in total. The molecule has 0 aliphatic carbocycles. The summed E-state index contributed by atoms with van der Waals surface area (Å²) in [6, 6.07) is 13.8. The van der Waals surface area contributed by atoms with Gasteiger partial charge in [-0.15, -0.1) is 0 Å². The maximum absolute atomic E-state index is 3.49. The van der Waals surface area contributed by atoms with Crippen LogP contribution in [0.3, 0.4) is 0 Å². The number of fused-ring (bicyclic) bond motifs is 1. The average molecular weight is 255 g/mol. The highest BCUT2D eigenvalue weighted by Crippen LogP contribution is 2.29. The minimum absolute atomic E-state index is 0.469. The minimum Gasteiger partial charge on any atom is -0.313 e. The molecular formula is C18H25N. The fraction of sp³-hybridized carbons (Fsp3) is 0.444. The van der Waals surface area contributed by atoms with E-state index in [1.54, 1.807) is 0 Å². The van der Waals surface area contributed by atoms with Gasteiger partial charge in [-0.25, -0.2) is 0 Å². The molecule has 2 aromatic carbocycles. The van der Waals surface area contributed by atoms with Crippen molar-refractivity contribution in [2.45, 2.75) is 45.6 Å². The third-order valence-corrected chi connectivity index (χ3v) is 4.00. The van der Waals surface area contributed by atoms with Crippen molar-refractivity contribution in [2.75, 3.05) is 7.05 Å². The number of benzene rings is 2. The van der Waals surface area contributed by atoms with Gasteiger partial charge in [-0.3, -0.25) is 0 Å². The highest BCUT2D eigenvalue weighted by Gasteiger charge is 2.12. The van der Waals surface area contributed by atoms with Gasteiger partial charge in [-0.05, 0) is 42.3 Å². The van der Waals surface area contributed by atoms with Crippen molar-refractivity contribution >= 4 is 10.8 Å². The smallest absolute Gasteiger partial charge is 0.0323 e. The molecule has 0 saturated heterocycles. The summed E-state index contributed by atoms with van der Waals surface area (Å²) in [6.07, 6.45) is 5.12. The van der Waals surface area contributed by atoms with E-state index >= 15 is 0 Å². The zero-order valence-corrected chi connectivity index (χ0v) is 12.4. The van der Waals surface area contributed by atoms with Gasteiger partial charge in [-0.1, -0.05) is 62.6 Å². The topological polar surface area (TPSA) is 12.0 Å². The number of hydrogen-bond acceptors (Lipinski definition) is 1. The van der Waals surface area contributed by atoms with Crippen LogP contribution in [0.1, 0.15) is 49.8 Å². The van der Waals surface area contributed by atoms with E-state index in [0.717, 1.165) is 0 Å². The van der Waals surface area contributed by atoms with E-state index in [0.29, 0.717) is 6.04 Å². The largest absolute Gasteiger partial charge is 0.313 e. The summed E-state index contributed by atoms with van der Waals surface area (Å²) in [5.74, 6) is 0. The predicted molar refractivity (Wildman–Crippen MR) is 84.6 cm³/mol. The van der Waals surface area contributed by atoms with E-state index in [2.05, 4.69) is 62.6 Å². The molecule has 1 unspecified atom stereocenters. The van der Waals surface area contributed by atoms with Crippen LogP contribution in [0.25, 0.3) is 10.8 Å². The quantitative estimate of drug-likeness (QED) is 0.717. The van der Waals surface area contributed by atoms with Crippen LogP contribution in [-0.2, 0) is 0 Å². The lowest BCUT2D eigenvalue weighted by atomic mass is 9.93. The third-order valence-electron chi connectivity index (χ3n) is 4.00. The van der Waals surface area contributed by atoms with Crippen molar-refractivity contribution in [2.24, 2.45) is 0 Å². The Morgan fingerprint density at radius 3 is 2.42 bits per heavy atom. The lowest BCUT2D eigenvalue weighted by Crippen LogP contribution is -2.16. The van der Waals surface area contributed by atoms with Crippen molar-refractivity contribution < 1.29 is 0 Å². The maximum Gasteiger partial charge on any atom is 0.0323 e. The minimum atomic E-state index is 0.469. The molecule has 102 valence electrons. The average Bonchev–Trinajstić information content (AvgIpc) is 2.45. The monoisotopic (exact) mass is 255 g/mol. The van der Waals surface area contributed by atoms with Crippen molar-refractivity contribution in [3.05, 3.63) is 47.5 Å². The van der Waals surface area contributed by atoms with Gasteiger partial charge >= 0.3 is 0 Å². The summed E-state index contributed by atoms with van der Waals surface area (Å²) >= 11 is 0. The molecule has 1 heteroatoms. The van der Waals surface area contributed by atoms with Gasteiger partial charge in [0.25, 0.3) is 0 Å². The van der Waals surface area contributed by atoms with Gasteiger partial charge in [0, 0.05) is 6.04 Å². The van der Waals surface area contributed by atoms with Crippen LogP contribution in [0.4, 0.5) is 0 Å². The second kappa shape index (κ2) is 6.72. The normalized spacial score (nSPS) is 12.8. The molecule has 0 fully saturated rings. The van der Waals surface area contributed by atoms with Crippen LogP contribution in [0.2, 0.25) is 0 Å². The molecule has 0 radical (unpaired) electrons. The van der Waals surface area contributed by atoms with Gasteiger partial charge in [0.05, 0.1) is 0 Å². The zero-order chi connectivity index (χ0) is 13.7. The summed E-state index contributed by atoms with van der Waals surface area (Å²) in [7, 11) is 2.07. The van der Waals surface area contributed by atoms with Crippen LogP contribution in [-0.4, -0.2) is 7.05 Å². The predicted octanol–water partition coefficient (Wildman–Crippen LogP) is 4.99. The summed E-state index contributed by atoms with van der Waals surface area (Å²) in [5, 5.41) is 6.28. The first-order valence-corrected chi connectivity index (χ1v) is 7.43. The van der Waals surface area contributed by atoms with Crippen LogP contribution in [0, 0.1) is 6.92 Å². The van der Waals surface area contributed by atoms with Gasteiger partial charge < -0.3 is 5.32 Å². The van der Waals surface area contributed by atoms with E-state index in [4.69, 9.17) is 0 Å². The number of aryl methyl sites for hydroxylation is 1. The second-order valence-electron chi connectivity index (χ2n) is 5.35. The van der Waals surface area contributed by atoms with Crippen LogP contribution < -0.4 is 5.32 Å². The summed E-state index contributed by atoms with van der Waals surface area (Å²) in [4.78, 5) is 0. The van der Waals surface area contributed by atoms with Crippen LogP contribution in [0.5, 0.6) is 0 Å². The standard InChI is InChI=1S/C18H25N/c1-4-5-6-11-18(19-3)17-13-12-14(2)15-9-7-8-10-16(15)17/h7-10,12-13,18-19H,4-6,11H2,1-3H3. The second-order valence-corrected chi connectivity index (χ2v) is 5.35. The Morgan fingerprint density at radius 1 is 1.00 bits per heavy atom. The zero-order valence-electron chi connectivity index (χ0n) is 12.4. The summed E-state index contributed by atoms with van der Waals surface area (Å²) in [6.45, 7) is 4.45. The first-order valence-electron chi connectivity index (χ1n) is 7.43. The molecule has 0 spiro atoms. The Kier molecular flexibility index (Phi) is 4.98. The Morgan fingerprint density at radius 2 is 1.74 bits per heavy atom. The van der Waals surface area contributed by atoms with E-state index in [-0.39, 0.29) is 0 Å². The molecule has 0 amide bonds. The van der Waals surface area contributed by atoms with Crippen molar-refractivity contribution in [1.29, 1.82) is 0 Å². The molecular weight excluding hydrogens is 230 g/mol. The number of unbranched alkanes of at least 4 members (excludes halogenated alkanes) is 2. The lowest BCUT2D eigenvalue weighted by molar-refractivity contribution is 0.514. The molecule has 2 aromatic rings. The lowest BCUT2D eigenvalue weighted by Gasteiger charge is -2.19. The van der Waals surface area contributed by atoms with E-state index < -0.39 is 0 Å². The van der Waals surface area contributed by atoms with Crippen LogP contribution in [0.15, 0.2) is 36.4 Å². The van der Waals surface area contributed by atoms with E-state index in [9.17, 15) is 0 Å².